The first kappa shape index (κ1) is 19.8. The van der Waals surface area contributed by atoms with Crippen LogP contribution in [0.5, 0.6) is 17.2 Å². The van der Waals surface area contributed by atoms with Crippen LogP contribution in [0.1, 0.15) is 5.56 Å². The summed E-state index contributed by atoms with van der Waals surface area (Å²) >= 11 is 0. The highest BCUT2D eigenvalue weighted by molar-refractivity contribution is 5.94. The number of carbonyl (C=O) groups excluding carboxylic acids is 3. The number of carbonyl (C=O) groups is 3. The summed E-state index contributed by atoms with van der Waals surface area (Å²) in [6, 6.07) is 3.27. The Bertz CT molecular complexity index is 643. The Labute approximate surface area is 144 Å². The highest BCUT2D eigenvalue weighted by Crippen LogP contribution is 2.38. The van der Waals surface area contributed by atoms with Crippen LogP contribution in [-0.2, 0) is 19.1 Å². The Morgan fingerprint density at radius 2 is 1.60 bits per heavy atom. The van der Waals surface area contributed by atoms with Gasteiger partial charge in [0.2, 0.25) is 5.75 Å². The van der Waals surface area contributed by atoms with E-state index in [4.69, 9.17) is 18.9 Å². The van der Waals surface area contributed by atoms with Crippen LogP contribution >= 0.6 is 0 Å². The second-order valence-electron chi connectivity index (χ2n) is 4.44. The second kappa shape index (κ2) is 9.81. The maximum absolute atomic E-state index is 11.6. The number of alkyl carbamates (subject to hydrolysis) is 1. The Balaban J connectivity index is 2.73. The van der Waals surface area contributed by atoms with E-state index in [0.717, 1.165) is 13.2 Å². The van der Waals surface area contributed by atoms with E-state index < -0.39 is 24.6 Å². The molecule has 1 aromatic carbocycles. The molecule has 9 heteroatoms. The number of nitrogens with one attached hydrogen (secondary N) is 1. The van der Waals surface area contributed by atoms with E-state index in [1.54, 1.807) is 12.1 Å². The number of methoxy groups -OCH3 is 4. The largest absolute Gasteiger partial charge is 0.493 e. The molecule has 0 heterocycles. The van der Waals surface area contributed by atoms with Crippen molar-refractivity contribution in [3.8, 4) is 17.2 Å². The molecule has 1 rings (SSSR count). The van der Waals surface area contributed by atoms with Gasteiger partial charge in [-0.25, -0.2) is 9.59 Å². The standard InChI is InChI=1S/C16H19NO8/c1-21-11-7-10(8-12(22-2)15(11)23-3)5-6-14(19)25-9-13(18)17-16(20)24-4/h5-8H,9H2,1-4H3,(H,17,18,20)/b6-5+. The Kier molecular flexibility index (Phi) is 7.77. The third-order valence-electron chi connectivity index (χ3n) is 2.87. The lowest BCUT2D eigenvalue weighted by Gasteiger charge is -2.12. The Hall–Kier alpha value is -3.23. The van der Waals surface area contributed by atoms with Crippen molar-refractivity contribution >= 4 is 24.0 Å². The first-order valence-corrected chi connectivity index (χ1v) is 6.97. The third-order valence-corrected chi connectivity index (χ3v) is 2.87. The van der Waals surface area contributed by atoms with Crippen LogP contribution in [0.4, 0.5) is 4.79 Å². The van der Waals surface area contributed by atoms with Gasteiger partial charge in [0.15, 0.2) is 18.1 Å². The summed E-state index contributed by atoms with van der Waals surface area (Å²) in [7, 11) is 5.53. The van der Waals surface area contributed by atoms with Gasteiger partial charge in [0.1, 0.15) is 0 Å². The quantitative estimate of drug-likeness (QED) is 0.574. The lowest BCUT2D eigenvalue weighted by Crippen LogP contribution is -2.33. The molecule has 0 radical (unpaired) electrons. The van der Waals surface area contributed by atoms with Crippen molar-refractivity contribution in [2.24, 2.45) is 0 Å². The number of rotatable bonds is 7. The summed E-state index contributed by atoms with van der Waals surface area (Å²) in [4.78, 5) is 33.7. The molecule has 0 aliphatic heterocycles. The van der Waals surface area contributed by atoms with Crippen LogP contribution in [0.2, 0.25) is 0 Å². The molecule has 0 aliphatic carbocycles. The smallest absolute Gasteiger partial charge is 0.413 e. The van der Waals surface area contributed by atoms with Crippen molar-refractivity contribution in [2.45, 2.75) is 0 Å². The topological polar surface area (TPSA) is 109 Å². The lowest BCUT2D eigenvalue weighted by atomic mass is 10.1. The predicted molar refractivity (Wildman–Crippen MR) is 86.6 cm³/mol. The van der Waals surface area contributed by atoms with E-state index in [2.05, 4.69) is 4.74 Å². The molecule has 136 valence electrons. The van der Waals surface area contributed by atoms with Gasteiger partial charge in [0.05, 0.1) is 28.4 Å². The van der Waals surface area contributed by atoms with E-state index in [1.165, 1.54) is 27.4 Å². The van der Waals surface area contributed by atoms with Gasteiger partial charge in [-0.3, -0.25) is 10.1 Å². The van der Waals surface area contributed by atoms with Crippen LogP contribution in [0.15, 0.2) is 18.2 Å². The van der Waals surface area contributed by atoms with Gasteiger partial charge in [-0.2, -0.15) is 0 Å². The van der Waals surface area contributed by atoms with E-state index in [-0.39, 0.29) is 0 Å². The van der Waals surface area contributed by atoms with Crippen LogP contribution < -0.4 is 19.5 Å². The zero-order valence-electron chi connectivity index (χ0n) is 14.3. The monoisotopic (exact) mass is 353 g/mol. The average molecular weight is 353 g/mol. The van der Waals surface area contributed by atoms with Crippen LogP contribution in [-0.4, -0.2) is 53.0 Å². The fourth-order valence-electron chi connectivity index (χ4n) is 1.75. The summed E-state index contributed by atoms with van der Waals surface area (Å²) in [6.07, 6.45) is 1.63. The molecule has 1 N–H and O–H groups in total. The second-order valence-corrected chi connectivity index (χ2v) is 4.44. The summed E-state index contributed by atoms with van der Waals surface area (Å²) in [5, 5.41) is 1.85. The Morgan fingerprint density at radius 1 is 1.00 bits per heavy atom. The van der Waals surface area contributed by atoms with E-state index >= 15 is 0 Å². The molecule has 0 spiro atoms. The minimum absolute atomic E-state index is 0.421. The van der Waals surface area contributed by atoms with Crippen molar-refractivity contribution in [1.82, 2.24) is 5.32 Å². The van der Waals surface area contributed by atoms with Gasteiger partial charge in [0, 0.05) is 6.08 Å². The molecule has 0 saturated carbocycles. The van der Waals surface area contributed by atoms with Crippen LogP contribution in [0.3, 0.4) is 0 Å². The highest BCUT2D eigenvalue weighted by atomic mass is 16.6. The number of imide groups is 1. The lowest BCUT2D eigenvalue weighted by molar-refractivity contribution is -0.143. The van der Waals surface area contributed by atoms with Gasteiger partial charge in [-0.05, 0) is 23.8 Å². The van der Waals surface area contributed by atoms with Gasteiger partial charge in [-0.15, -0.1) is 0 Å². The number of esters is 1. The summed E-state index contributed by atoms with van der Waals surface area (Å²) in [6.45, 7) is -0.618. The van der Waals surface area contributed by atoms with Crippen molar-refractivity contribution < 1.29 is 38.1 Å². The zero-order valence-corrected chi connectivity index (χ0v) is 14.3. The molecule has 0 aliphatic rings. The molecule has 0 atom stereocenters. The fourth-order valence-corrected chi connectivity index (χ4v) is 1.75. The van der Waals surface area contributed by atoms with Crippen LogP contribution in [0.25, 0.3) is 6.08 Å². The summed E-state index contributed by atoms with van der Waals surface area (Å²) < 4.78 is 24.5. The minimum atomic E-state index is -0.936. The molecule has 25 heavy (non-hydrogen) atoms. The normalized spacial score (nSPS) is 10.1. The molecule has 9 nitrogen and oxygen atoms in total. The number of hydrogen-bond donors (Lipinski definition) is 1. The average Bonchev–Trinajstić information content (AvgIpc) is 2.63. The van der Waals surface area contributed by atoms with Gasteiger partial charge in [-0.1, -0.05) is 0 Å². The van der Waals surface area contributed by atoms with Crippen molar-refractivity contribution in [1.29, 1.82) is 0 Å². The predicted octanol–water partition coefficient (Wildman–Crippen LogP) is 1.15. The Morgan fingerprint density at radius 3 is 2.08 bits per heavy atom. The van der Waals surface area contributed by atoms with Crippen molar-refractivity contribution in [2.75, 3.05) is 35.0 Å². The van der Waals surface area contributed by atoms with Crippen molar-refractivity contribution in [3.05, 3.63) is 23.8 Å². The number of benzene rings is 1. The summed E-state index contributed by atoms with van der Waals surface area (Å²) in [5.41, 5.74) is 0.588. The molecule has 0 aromatic heterocycles. The van der Waals surface area contributed by atoms with Gasteiger partial charge in [0.25, 0.3) is 5.91 Å². The maximum atomic E-state index is 11.6. The fraction of sp³-hybridized carbons (Fsp3) is 0.312. The maximum Gasteiger partial charge on any atom is 0.413 e. The van der Waals surface area contributed by atoms with Gasteiger partial charge >= 0.3 is 12.1 Å². The molecule has 2 amide bonds. The first-order valence-electron chi connectivity index (χ1n) is 6.97. The van der Waals surface area contributed by atoms with E-state index in [0.29, 0.717) is 22.8 Å². The molecule has 1 aromatic rings. The molecule has 0 fully saturated rings. The van der Waals surface area contributed by atoms with E-state index in [1.807, 2.05) is 5.32 Å². The summed E-state index contributed by atoms with van der Waals surface area (Å²) in [5.74, 6) is -0.306. The molecule has 0 bridgehead atoms. The number of amides is 2. The first-order chi connectivity index (χ1) is 11.9. The van der Waals surface area contributed by atoms with Crippen molar-refractivity contribution in [3.63, 3.8) is 0 Å². The zero-order chi connectivity index (χ0) is 18.8. The van der Waals surface area contributed by atoms with Gasteiger partial charge < -0.3 is 23.7 Å². The number of ether oxygens (including phenoxy) is 5. The SMILES string of the molecule is COC(=O)NC(=O)COC(=O)/C=C/c1cc(OC)c(OC)c(OC)c1. The molecular weight excluding hydrogens is 334 g/mol. The molecule has 0 saturated heterocycles. The minimum Gasteiger partial charge on any atom is -0.493 e. The van der Waals surface area contributed by atoms with E-state index in [9.17, 15) is 14.4 Å². The molecular formula is C16H19NO8. The van der Waals surface area contributed by atoms with Crippen LogP contribution in [0, 0.1) is 0 Å². The third kappa shape index (κ3) is 6.05. The highest BCUT2D eigenvalue weighted by Gasteiger charge is 2.13. The molecule has 0 unspecified atom stereocenters. The number of hydrogen-bond acceptors (Lipinski definition) is 8.